The zero-order valence-corrected chi connectivity index (χ0v) is 19.4. The van der Waals surface area contributed by atoms with Gasteiger partial charge < -0.3 is 20.7 Å². The first-order valence-corrected chi connectivity index (χ1v) is 12.4. The van der Waals surface area contributed by atoms with Gasteiger partial charge in [0.2, 0.25) is 0 Å². The summed E-state index contributed by atoms with van der Waals surface area (Å²) in [7, 11) is -2.15. The number of ether oxygens (including phenoxy) is 1. The number of benzene rings is 3. The number of methoxy groups -OCH3 is 1. The number of carbonyl (C=O) groups is 1. The van der Waals surface area contributed by atoms with Crippen LogP contribution in [0.5, 0.6) is 5.75 Å². The van der Waals surface area contributed by atoms with E-state index >= 15 is 0 Å². The van der Waals surface area contributed by atoms with E-state index < -0.39 is 15.9 Å². The van der Waals surface area contributed by atoms with Crippen molar-refractivity contribution in [2.24, 2.45) is 0 Å². The molecule has 1 atom stereocenters. The molecule has 8 heteroatoms. The van der Waals surface area contributed by atoms with Gasteiger partial charge in [-0.05, 0) is 41.3 Å². The number of fused-ring (bicyclic) bond motifs is 1. The van der Waals surface area contributed by atoms with Gasteiger partial charge in [0.25, 0.3) is 0 Å². The van der Waals surface area contributed by atoms with Crippen LogP contribution in [0.3, 0.4) is 0 Å². The van der Waals surface area contributed by atoms with E-state index in [1.165, 1.54) is 24.8 Å². The molecular formula is C25H27N3O4S. The number of urea groups is 1. The number of nitrogens with one attached hydrogen (secondary N) is 3. The van der Waals surface area contributed by atoms with Crippen molar-refractivity contribution in [1.29, 1.82) is 0 Å². The van der Waals surface area contributed by atoms with Crippen molar-refractivity contribution in [3.8, 4) is 5.75 Å². The Morgan fingerprint density at radius 2 is 1.79 bits per heavy atom. The first kappa shape index (κ1) is 22.8. The fourth-order valence-corrected chi connectivity index (χ4v) is 5.24. The molecule has 2 amide bonds. The number of rotatable bonds is 7. The van der Waals surface area contributed by atoms with Crippen LogP contribution in [0.4, 0.5) is 10.5 Å². The number of hydrogen-bond acceptors (Lipinski definition) is 5. The van der Waals surface area contributed by atoms with Gasteiger partial charge in [0.1, 0.15) is 5.75 Å². The summed E-state index contributed by atoms with van der Waals surface area (Å²) >= 11 is 0. The predicted molar refractivity (Wildman–Crippen MR) is 128 cm³/mol. The van der Waals surface area contributed by atoms with Crippen molar-refractivity contribution in [2.45, 2.75) is 36.7 Å². The van der Waals surface area contributed by atoms with E-state index in [1.807, 2.05) is 55.5 Å². The Kier molecular flexibility index (Phi) is 6.67. The zero-order chi connectivity index (χ0) is 23.4. The van der Waals surface area contributed by atoms with Crippen molar-refractivity contribution in [3.05, 3.63) is 89.0 Å². The summed E-state index contributed by atoms with van der Waals surface area (Å²) in [5, 5.41) is 8.87. The minimum Gasteiger partial charge on any atom is -0.495 e. The molecule has 0 fully saturated rings. The van der Waals surface area contributed by atoms with Gasteiger partial charge in [-0.15, -0.1) is 0 Å². The summed E-state index contributed by atoms with van der Waals surface area (Å²) in [5.74, 6) is 0.169. The second kappa shape index (κ2) is 9.64. The van der Waals surface area contributed by atoms with E-state index in [0.717, 1.165) is 29.8 Å². The summed E-state index contributed by atoms with van der Waals surface area (Å²) in [6, 6.07) is 19.3. The topological polar surface area (TPSA) is 96.5 Å². The Morgan fingerprint density at radius 1 is 1.03 bits per heavy atom. The van der Waals surface area contributed by atoms with E-state index in [9.17, 15) is 13.2 Å². The molecule has 1 unspecified atom stereocenters. The highest BCUT2D eigenvalue weighted by Gasteiger charge is 2.20. The first-order valence-electron chi connectivity index (χ1n) is 10.7. The lowest BCUT2D eigenvalue weighted by atomic mass is 10.1. The minimum atomic E-state index is -3.59. The molecule has 0 radical (unpaired) electrons. The van der Waals surface area contributed by atoms with Gasteiger partial charge in [-0.2, -0.15) is 0 Å². The normalized spacial score (nSPS) is 13.8. The van der Waals surface area contributed by atoms with Crippen LogP contribution in [0.2, 0.25) is 0 Å². The molecule has 0 saturated carbocycles. The van der Waals surface area contributed by atoms with Gasteiger partial charge in [0, 0.05) is 19.2 Å². The summed E-state index contributed by atoms with van der Waals surface area (Å²) in [6.45, 7) is 3.45. The Hall–Kier alpha value is -3.36. The van der Waals surface area contributed by atoms with Crippen molar-refractivity contribution in [3.63, 3.8) is 0 Å². The molecule has 0 spiro atoms. The molecule has 0 aliphatic carbocycles. The standard InChI is InChI=1S/C25H27N3O4S/c1-17(19-6-4-3-5-7-19)27-25(29)28-23-11-10-22(13-24(23)32-2)33(30,31)16-18-8-9-20-14-26-15-21(20)12-18/h3-13,17,26H,14-16H2,1-2H3,(H2,27,28,29). The lowest BCUT2D eigenvalue weighted by Gasteiger charge is -2.17. The Bertz CT molecular complexity index is 1260. The molecular weight excluding hydrogens is 438 g/mol. The average Bonchev–Trinajstić information content (AvgIpc) is 3.27. The molecule has 3 aromatic rings. The van der Waals surface area contributed by atoms with Gasteiger partial charge in [-0.3, -0.25) is 0 Å². The highest BCUT2D eigenvalue weighted by Crippen LogP contribution is 2.30. The summed E-state index contributed by atoms with van der Waals surface area (Å²) in [4.78, 5) is 12.6. The highest BCUT2D eigenvalue weighted by atomic mass is 32.2. The SMILES string of the molecule is COc1cc(S(=O)(=O)Cc2ccc3c(c2)CNC3)ccc1NC(=O)NC(C)c1ccccc1. The molecule has 0 bridgehead atoms. The average molecular weight is 466 g/mol. The largest absolute Gasteiger partial charge is 0.495 e. The van der Waals surface area contributed by atoms with Gasteiger partial charge >= 0.3 is 6.03 Å². The molecule has 4 rings (SSSR count). The van der Waals surface area contributed by atoms with Crippen LogP contribution in [0, 0.1) is 0 Å². The van der Waals surface area contributed by atoms with Crippen LogP contribution in [-0.2, 0) is 28.7 Å². The first-order chi connectivity index (χ1) is 15.9. The lowest BCUT2D eigenvalue weighted by Crippen LogP contribution is -2.31. The fourth-order valence-electron chi connectivity index (χ4n) is 3.89. The van der Waals surface area contributed by atoms with E-state index in [-0.39, 0.29) is 22.4 Å². The van der Waals surface area contributed by atoms with Crippen LogP contribution in [0.15, 0.2) is 71.6 Å². The molecule has 0 aromatic heterocycles. The molecule has 1 aliphatic rings. The smallest absolute Gasteiger partial charge is 0.319 e. The molecule has 1 heterocycles. The van der Waals surface area contributed by atoms with Gasteiger partial charge in [-0.25, -0.2) is 13.2 Å². The van der Waals surface area contributed by atoms with Crippen LogP contribution in [0.25, 0.3) is 0 Å². The third-order valence-electron chi connectivity index (χ3n) is 5.69. The van der Waals surface area contributed by atoms with Crippen molar-refractivity contribution < 1.29 is 17.9 Å². The number of hydrogen-bond donors (Lipinski definition) is 3. The van der Waals surface area contributed by atoms with Crippen LogP contribution in [0.1, 0.15) is 35.2 Å². The van der Waals surface area contributed by atoms with Gasteiger partial charge in [-0.1, -0.05) is 48.5 Å². The second-order valence-corrected chi connectivity index (χ2v) is 10.0. The maximum Gasteiger partial charge on any atom is 0.319 e. The maximum absolute atomic E-state index is 13.0. The number of amides is 2. The molecule has 7 nitrogen and oxygen atoms in total. The molecule has 172 valence electrons. The van der Waals surface area contributed by atoms with Crippen molar-refractivity contribution in [2.75, 3.05) is 12.4 Å². The van der Waals surface area contributed by atoms with E-state index in [4.69, 9.17) is 4.74 Å². The van der Waals surface area contributed by atoms with Crippen LogP contribution >= 0.6 is 0 Å². The lowest BCUT2D eigenvalue weighted by molar-refractivity contribution is 0.249. The van der Waals surface area contributed by atoms with Crippen molar-refractivity contribution >= 4 is 21.6 Å². The number of anilines is 1. The predicted octanol–water partition coefficient (Wildman–Crippen LogP) is 4.16. The monoisotopic (exact) mass is 465 g/mol. The van der Waals surface area contributed by atoms with Gasteiger partial charge in [0.05, 0.1) is 29.5 Å². The molecule has 0 saturated heterocycles. The zero-order valence-electron chi connectivity index (χ0n) is 18.6. The van der Waals surface area contributed by atoms with E-state index in [2.05, 4.69) is 16.0 Å². The Morgan fingerprint density at radius 3 is 2.55 bits per heavy atom. The summed E-state index contributed by atoms with van der Waals surface area (Å²) in [6.07, 6.45) is 0. The van der Waals surface area contributed by atoms with E-state index in [1.54, 1.807) is 6.07 Å². The minimum absolute atomic E-state index is 0.106. The number of carbonyl (C=O) groups excluding carboxylic acids is 1. The van der Waals surface area contributed by atoms with Gasteiger partial charge in [0.15, 0.2) is 9.84 Å². The Balaban J connectivity index is 1.47. The summed E-state index contributed by atoms with van der Waals surface area (Å²) in [5.41, 5.74) is 4.44. The third kappa shape index (κ3) is 5.35. The maximum atomic E-state index is 13.0. The summed E-state index contributed by atoms with van der Waals surface area (Å²) < 4.78 is 31.4. The second-order valence-electron chi connectivity index (χ2n) is 8.06. The molecule has 3 N–H and O–H groups in total. The highest BCUT2D eigenvalue weighted by molar-refractivity contribution is 7.90. The molecule has 1 aliphatic heterocycles. The van der Waals surface area contributed by atoms with Crippen molar-refractivity contribution in [1.82, 2.24) is 10.6 Å². The fraction of sp³-hybridized carbons (Fsp3) is 0.240. The quantitative estimate of drug-likeness (QED) is 0.487. The third-order valence-corrected chi connectivity index (χ3v) is 7.37. The van der Waals surface area contributed by atoms with Crippen LogP contribution in [-0.4, -0.2) is 21.6 Å². The molecule has 33 heavy (non-hydrogen) atoms. The van der Waals surface area contributed by atoms with E-state index in [0.29, 0.717) is 5.69 Å². The van der Waals surface area contributed by atoms with Crippen LogP contribution < -0.4 is 20.7 Å². The molecule has 3 aromatic carbocycles. The number of sulfone groups is 1. The Labute approximate surface area is 194 Å².